The maximum absolute atomic E-state index is 9.22. The summed E-state index contributed by atoms with van der Waals surface area (Å²) in [6.45, 7) is 0. The summed E-state index contributed by atoms with van der Waals surface area (Å²) in [7, 11) is -1.36. The van der Waals surface area contributed by atoms with Gasteiger partial charge in [-0.25, -0.2) is 0 Å². The van der Waals surface area contributed by atoms with E-state index in [1.165, 1.54) is 6.26 Å². The van der Waals surface area contributed by atoms with E-state index in [1.54, 1.807) is 0 Å². The third kappa shape index (κ3) is 369. The molecule has 0 heterocycles. The van der Waals surface area contributed by atoms with Crippen LogP contribution < -0.4 is 0 Å². The Morgan fingerprint density at radius 1 is 1.80 bits per heavy atom. The second-order valence-corrected chi connectivity index (χ2v) is 1.36. The molecule has 0 radical (unpaired) electrons. The SMILES string of the molecule is C[S-](=N)=O.Cl. The van der Waals surface area contributed by atoms with Crippen molar-refractivity contribution in [1.82, 2.24) is 0 Å². The van der Waals surface area contributed by atoms with Crippen molar-refractivity contribution in [3.05, 3.63) is 0 Å². The maximum Gasteiger partial charge on any atom is -0.103 e. The Morgan fingerprint density at radius 2 is 1.80 bits per heavy atom. The first-order valence-corrected chi connectivity index (χ1v) is 2.34. The van der Waals surface area contributed by atoms with Crippen molar-refractivity contribution in [3.63, 3.8) is 0 Å². The van der Waals surface area contributed by atoms with Crippen LogP contribution in [0.25, 0.3) is 0 Å². The third-order valence-corrected chi connectivity index (χ3v) is 0. The Kier molecular flexibility index (Phi) is 7.61. The molecular weight excluding hydrogens is 110 g/mol. The Labute approximate surface area is 39.0 Å². The van der Waals surface area contributed by atoms with Crippen LogP contribution in [0.5, 0.6) is 0 Å². The topological polar surface area (TPSA) is 40.9 Å². The summed E-state index contributed by atoms with van der Waals surface area (Å²) in [4.78, 5) is 0. The van der Waals surface area contributed by atoms with Gasteiger partial charge in [-0.05, 0) is 0 Å². The van der Waals surface area contributed by atoms with Gasteiger partial charge in [0.05, 0.1) is 0 Å². The van der Waals surface area contributed by atoms with Crippen molar-refractivity contribution in [2.45, 2.75) is 0 Å². The lowest BCUT2D eigenvalue weighted by molar-refractivity contribution is 0.602. The lowest BCUT2D eigenvalue weighted by Crippen LogP contribution is -1.48. The van der Waals surface area contributed by atoms with Crippen molar-refractivity contribution >= 4 is 23.0 Å². The van der Waals surface area contributed by atoms with Crippen molar-refractivity contribution in [2.75, 3.05) is 6.26 Å². The molecule has 0 atom stereocenters. The number of rotatable bonds is 0. The van der Waals surface area contributed by atoms with E-state index in [0.29, 0.717) is 0 Å². The van der Waals surface area contributed by atoms with Gasteiger partial charge in [-0.2, -0.15) is 10.6 Å². The quantitative estimate of drug-likeness (QED) is 0.465. The first-order valence-electron chi connectivity index (χ1n) is 0.779. The standard InChI is InChI=1S/CH4NOS.ClH/c1-4(2)3;/h2H,1H3;1H/q-1;. The number of halogens is 1. The lowest BCUT2D eigenvalue weighted by Gasteiger charge is -1.66. The Bertz CT molecular complexity index is 60.0. The molecule has 0 unspecified atom stereocenters. The van der Waals surface area contributed by atoms with Crippen LogP contribution in [0, 0.1) is 4.78 Å². The first kappa shape index (κ1) is 8.97. The zero-order valence-corrected chi connectivity index (χ0v) is 4.36. The van der Waals surface area contributed by atoms with Gasteiger partial charge in [0.1, 0.15) is 0 Å². The van der Waals surface area contributed by atoms with Crippen molar-refractivity contribution in [1.29, 1.82) is 4.78 Å². The van der Waals surface area contributed by atoms with Gasteiger partial charge in [0.15, 0.2) is 0 Å². The predicted octanol–water partition coefficient (Wildman–Crippen LogP) is 0.764. The highest BCUT2D eigenvalue weighted by atomic mass is 35.5. The molecule has 0 amide bonds. The summed E-state index contributed by atoms with van der Waals surface area (Å²) in [5.74, 6) is 0. The van der Waals surface area contributed by atoms with Gasteiger partial charge in [0.2, 0.25) is 0 Å². The largest absolute Gasteiger partial charge is 0.445 e. The minimum absolute atomic E-state index is 0. The minimum Gasteiger partial charge on any atom is -0.445 e. The van der Waals surface area contributed by atoms with Crippen molar-refractivity contribution < 1.29 is 4.21 Å². The molecular formula is CH5ClNOS-. The average Bonchev–Trinajstić information content (AvgIpc) is 0.811. The fraction of sp³-hybridized carbons (Fsp3) is 1.00. The van der Waals surface area contributed by atoms with Crippen LogP contribution in [0.2, 0.25) is 0 Å². The molecule has 0 aromatic carbocycles. The molecule has 0 saturated carbocycles. The molecule has 0 fully saturated rings. The van der Waals surface area contributed by atoms with Crippen LogP contribution >= 0.6 is 12.4 Å². The summed E-state index contributed by atoms with van der Waals surface area (Å²) in [6, 6.07) is 0. The van der Waals surface area contributed by atoms with E-state index in [-0.39, 0.29) is 12.4 Å². The molecule has 1 N–H and O–H groups in total. The van der Waals surface area contributed by atoms with Crippen LogP contribution in [-0.4, -0.2) is 6.26 Å². The van der Waals surface area contributed by atoms with Crippen LogP contribution in [0.4, 0.5) is 0 Å². The molecule has 0 aromatic heterocycles. The molecule has 0 bridgehead atoms. The zero-order chi connectivity index (χ0) is 3.58. The van der Waals surface area contributed by atoms with Gasteiger partial charge >= 0.3 is 0 Å². The average molecular weight is 115 g/mol. The Morgan fingerprint density at radius 3 is 1.80 bits per heavy atom. The molecule has 34 valence electrons. The van der Waals surface area contributed by atoms with Gasteiger partial charge in [0, 0.05) is 0 Å². The fourth-order valence-corrected chi connectivity index (χ4v) is 0. The molecule has 0 saturated heterocycles. The Balaban J connectivity index is 0. The van der Waals surface area contributed by atoms with E-state index in [2.05, 4.69) is 0 Å². The number of hydrogen-bond acceptors (Lipinski definition) is 3. The fourth-order valence-electron chi connectivity index (χ4n) is 0. The normalized spacial score (nSPS) is 6.80. The van der Waals surface area contributed by atoms with E-state index in [0.717, 1.165) is 0 Å². The van der Waals surface area contributed by atoms with Crippen molar-refractivity contribution in [2.24, 2.45) is 0 Å². The molecule has 0 aliphatic carbocycles. The molecule has 4 heteroatoms. The minimum atomic E-state index is -1.36. The second kappa shape index (κ2) is 4.24. The Hall–Kier alpha value is 0.240. The predicted molar refractivity (Wildman–Crippen MR) is 23.9 cm³/mol. The highest BCUT2D eigenvalue weighted by Gasteiger charge is 1.19. The summed E-state index contributed by atoms with van der Waals surface area (Å²) in [5, 5.41) is 0. The van der Waals surface area contributed by atoms with Gasteiger partial charge < -0.3 is 8.99 Å². The summed E-state index contributed by atoms with van der Waals surface area (Å²) in [6.07, 6.45) is 1.31. The van der Waals surface area contributed by atoms with Crippen LogP contribution in [0.1, 0.15) is 0 Å². The molecule has 5 heavy (non-hydrogen) atoms. The lowest BCUT2D eigenvalue weighted by atomic mass is 12.0. The van der Waals surface area contributed by atoms with Gasteiger partial charge in [0.25, 0.3) is 0 Å². The third-order valence-electron chi connectivity index (χ3n) is 0. The van der Waals surface area contributed by atoms with Gasteiger partial charge in [-0.3, -0.25) is 0 Å². The van der Waals surface area contributed by atoms with E-state index < -0.39 is 10.6 Å². The second-order valence-electron chi connectivity index (χ2n) is 0.454. The molecule has 0 aliphatic rings. The van der Waals surface area contributed by atoms with Crippen molar-refractivity contribution in [3.8, 4) is 0 Å². The molecule has 0 spiro atoms. The highest BCUT2D eigenvalue weighted by molar-refractivity contribution is 7.72. The monoisotopic (exact) mass is 114 g/mol. The van der Waals surface area contributed by atoms with Gasteiger partial charge in [-0.1, -0.05) is 0 Å². The molecule has 0 rings (SSSR count). The van der Waals surface area contributed by atoms with E-state index in [9.17, 15) is 4.21 Å². The van der Waals surface area contributed by atoms with E-state index in [4.69, 9.17) is 4.78 Å². The molecule has 2 nitrogen and oxygen atoms in total. The summed E-state index contributed by atoms with van der Waals surface area (Å²) >= 11 is 0. The highest BCUT2D eigenvalue weighted by Crippen LogP contribution is 1.36. The molecule has 0 aliphatic heterocycles. The first-order chi connectivity index (χ1) is 1.73. The van der Waals surface area contributed by atoms with Crippen LogP contribution in [0.3, 0.4) is 0 Å². The van der Waals surface area contributed by atoms with Crippen LogP contribution in [0.15, 0.2) is 0 Å². The van der Waals surface area contributed by atoms with E-state index >= 15 is 0 Å². The number of nitrogens with one attached hydrogen (secondary N) is 1. The zero-order valence-electron chi connectivity index (χ0n) is 2.72. The summed E-state index contributed by atoms with van der Waals surface area (Å²) in [5.41, 5.74) is 0. The van der Waals surface area contributed by atoms with Gasteiger partial charge in [-0.15, -0.1) is 18.7 Å². The number of hydrogen-bond donors (Lipinski definition) is 1. The van der Waals surface area contributed by atoms with Crippen LogP contribution in [-0.2, 0) is 14.8 Å². The summed E-state index contributed by atoms with van der Waals surface area (Å²) < 4.78 is 15.3. The van der Waals surface area contributed by atoms with E-state index in [1.807, 2.05) is 0 Å². The maximum atomic E-state index is 9.22. The smallest absolute Gasteiger partial charge is 0.103 e. The molecule has 0 aromatic rings.